The monoisotopic (exact) mass is 300 g/mol. The van der Waals surface area contributed by atoms with E-state index >= 15 is 0 Å². The summed E-state index contributed by atoms with van der Waals surface area (Å²) in [6.07, 6.45) is 0.304. The van der Waals surface area contributed by atoms with Crippen LogP contribution in [0.3, 0.4) is 0 Å². The molecule has 0 atom stereocenters. The quantitative estimate of drug-likeness (QED) is 0.801. The molecule has 0 fully saturated rings. The summed E-state index contributed by atoms with van der Waals surface area (Å²) in [5.41, 5.74) is 1.19. The predicted octanol–water partition coefficient (Wildman–Crippen LogP) is 1.91. The summed E-state index contributed by atoms with van der Waals surface area (Å²) in [4.78, 5) is 23.4. The average Bonchev–Trinajstić information content (AvgIpc) is 2.52. The van der Waals surface area contributed by atoms with E-state index in [9.17, 15) is 14.0 Å². The summed E-state index contributed by atoms with van der Waals surface area (Å²) in [5, 5.41) is 5.35. The van der Waals surface area contributed by atoms with E-state index < -0.39 is 5.82 Å². The van der Waals surface area contributed by atoms with Gasteiger partial charge in [0.05, 0.1) is 6.42 Å². The van der Waals surface area contributed by atoms with Crippen LogP contribution >= 0.6 is 0 Å². The van der Waals surface area contributed by atoms with Crippen LogP contribution in [0, 0.1) is 5.82 Å². The topological polar surface area (TPSA) is 58.2 Å². The lowest BCUT2D eigenvalue weighted by molar-refractivity contribution is -0.120. The number of halogens is 1. The molecule has 0 saturated heterocycles. The van der Waals surface area contributed by atoms with E-state index in [0.29, 0.717) is 13.0 Å². The highest BCUT2D eigenvalue weighted by Gasteiger charge is 2.06. The number of amides is 2. The first-order valence-corrected chi connectivity index (χ1v) is 6.99. The molecule has 0 bridgehead atoms. The second kappa shape index (κ2) is 7.93. The summed E-state index contributed by atoms with van der Waals surface area (Å²) >= 11 is 0. The lowest BCUT2D eigenvalue weighted by Gasteiger charge is -2.07. The van der Waals surface area contributed by atoms with Crippen molar-refractivity contribution in [2.75, 3.05) is 13.1 Å². The molecule has 0 aromatic heterocycles. The van der Waals surface area contributed by atoms with E-state index in [1.165, 1.54) is 24.3 Å². The van der Waals surface area contributed by atoms with Crippen LogP contribution in [0.2, 0.25) is 0 Å². The van der Waals surface area contributed by atoms with Gasteiger partial charge in [-0.15, -0.1) is 0 Å². The molecule has 0 aliphatic heterocycles. The molecule has 2 amide bonds. The molecular weight excluding hydrogens is 283 g/mol. The maximum absolute atomic E-state index is 13.0. The summed E-state index contributed by atoms with van der Waals surface area (Å²) in [6, 6.07) is 14.9. The zero-order valence-corrected chi connectivity index (χ0v) is 12.0. The third-order valence-electron chi connectivity index (χ3n) is 3.03. The maximum atomic E-state index is 13.0. The highest BCUT2D eigenvalue weighted by atomic mass is 19.1. The maximum Gasteiger partial charge on any atom is 0.251 e. The second-order valence-corrected chi connectivity index (χ2v) is 4.78. The molecule has 22 heavy (non-hydrogen) atoms. The van der Waals surface area contributed by atoms with Gasteiger partial charge in [0.1, 0.15) is 5.82 Å². The minimum Gasteiger partial charge on any atom is -0.354 e. The van der Waals surface area contributed by atoms with Crippen LogP contribution < -0.4 is 10.6 Å². The van der Waals surface area contributed by atoms with Crippen molar-refractivity contribution in [3.8, 4) is 0 Å². The van der Waals surface area contributed by atoms with Gasteiger partial charge in [0.25, 0.3) is 5.91 Å². The van der Waals surface area contributed by atoms with Crippen molar-refractivity contribution in [2.45, 2.75) is 6.42 Å². The van der Waals surface area contributed by atoms with E-state index in [4.69, 9.17) is 0 Å². The van der Waals surface area contributed by atoms with Crippen molar-refractivity contribution >= 4 is 11.8 Å². The Labute approximate surface area is 128 Å². The first-order chi connectivity index (χ1) is 10.6. The largest absolute Gasteiger partial charge is 0.354 e. The van der Waals surface area contributed by atoms with Crippen LogP contribution in [-0.4, -0.2) is 24.9 Å². The van der Waals surface area contributed by atoms with Crippen LogP contribution in [-0.2, 0) is 11.2 Å². The van der Waals surface area contributed by atoms with Crippen molar-refractivity contribution in [3.05, 3.63) is 71.5 Å². The normalized spacial score (nSPS) is 10.0. The van der Waals surface area contributed by atoms with Crippen molar-refractivity contribution in [1.82, 2.24) is 10.6 Å². The number of carbonyl (C=O) groups is 2. The van der Waals surface area contributed by atoms with Gasteiger partial charge < -0.3 is 10.6 Å². The third kappa shape index (κ3) is 5.01. The van der Waals surface area contributed by atoms with E-state index in [1.807, 2.05) is 30.3 Å². The summed E-state index contributed by atoms with van der Waals surface area (Å²) in [5.74, 6) is -0.924. The van der Waals surface area contributed by atoms with Gasteiger partial charge in [-0.1, -0.05) is 36.4 Å². The van der Waals surface area contributed by atoms with Crippen LogP contribution in [0.1, 0.15) is 15.9 Å². The Kier molecular flexibility index (Phi) is 5.65. The van der Waals surface area contributed by atoms with Gasteiger partial charge in [0.15, 0.2) is 0 Å². The standard InChI is InChI=1S/C17H17FN2O2/c18-15-8-4-7-14(12-15)17(22)20-10-9-19-16(21)11-13-5-2-1-3-6-13/h1-8,12H,9-11H2,(H,19,21)(H,20,22). The molecule has 114 valence electrons. The van der Waals surface area contributed by atoms with E-state index in [-0.39, 0.29) is 23.9 Å². The molecule has 0 radical (unpaired) electrons. The fourth-order valence-electron chi connectivity index (χ4n) is 1.95. The Morgan fingerprint density at radius 1 is 0.909 bits per heavy atom. The van der Waals surface area contributed by atoms with Crippen LogP contribution in [0.15, 0.2) is 54.6 Å². The molecule has 2 aromatic rings. The van der Waals surface area contributed by atoms with Gasteiger partial charge >= 0.3 is 0 Å². The molecule has 2 aromatic carbocycles. The Morgan fingerprint density at radius 3 is 2.36 bits per heavy atom. The predicted molar refractivity (Wildman–Crippen MR) is 81.9 cm³/mol. The summed E-state index contributed by atoms with van der Waals surface area (Å²) < 4.78 is 13.0. The van der Waals surface area contributed by atoms with Gasteiger partial charge in [-0.3, -0.25) is 9.59 Å². The Morgan fingerprint density at radius 2 is 1.64 bits per heavy atom. The van der Waals surface area contributed by atoms with Crippen LogP contribution in [0.25, 0.3) is 0 Å². The van der Waals surface area contributed by atoms with Gasteiger partial charge in [-0.2, -0.15) is 0 Å². The zero-order chi connectivity index (χ0) is 15.8. The van der Waals surface area contributed by atoms with Gasteiger partial charge in [-0.05, 0) is 23.8 Å². The van der Waals surface area contributed by atoms with Crippen molar-refractivity contribution in [3.63, 3.8) is 0 Å². The first kappa shape index (κ1) is 15.7. The van der Waals surface area contributed by atoms with Crippen LogP contribution in [0.4, 0.5) is 4.39 Å². The molecule has 4 nitrogen and oxygen atoms in total. The van der Waals surface area contributed by atoms with Crippen molar-refractivity contribution < 1.29 is 14.0 Å². The molecule has 2 rings (SSSR count). The highest BCUT2D eigenvalue weighted by molar-refractivity contribution is 5.94. The highest BCUT2D eigenvalue weighted by Crippen LogP contribution is 2.02. The van der Waals surface area contributed by atoms with Crippen molar-refractivity contribution in [1.29, 1.82) is 0 Å². The SMILES string of the molecule is O=C(Cc1ccccc1)NCCNC(=O)c1cccc(F)c1. The number of benzene rings is 2. The number of nitrogens with one attached hydrogen (secondary N) is 2. The minimum atomic E-state index is -0.455. The molecule has 2 N–H and O–H groups in total. The molecule has 0 saturated carbocycles. The van der Waals surface area contributed by atoms with Gasteiger partial charge in [0, 0.05) is 18.7 Å². The smallest absolute Gasteiger partial charge is 0.251 e. The van der Waals surface area contributed by atoms with Crippen LogP contribution in [0.5, 0.6) is 0 Å². The minimum absolute atomic E-state index is 0.105. The van der Waals surface area contributed by atoms with Crippen molar-refractivity contribution in [2.24, 2.45) is 0 Å². The van der Waals surface area contributed by atoms with E-state index in [0.717, 1.165) is 5.56 Å². The Hall–Kier alpha value is -2.69. The average molecular weight is 300 g/mol. The number of hydrogen-bond donors (Lipinski definition) is 2. The summed E-state index contributed by atoms with van der Waals surface area (Å²) in [7, 11) is 0. The molecule has 0 spiro atoms. The van der Waals surface area contributed by atoms with Gasteiger partial charge in [-0.25, -0.2) is 4.39 Å². The fraction of sp³-hybridized carbons (Fsp3) is 0.176. The zero-order valence-electron chi connectivity index (χ0n) is 12.0. The Bertz CT molecular complexity index is 644. The Balaban J connectivity index is 1.68. The fourth-order valence-corrected chi connectivity index (χ4v) is 1.95. The molecule has 0 unspecified atom stereocenters. The number of carbonyl (C=O) groups excluding carboxylic acids is 2. The van der Waals surface area contributed by atoms with E-state index in [1.54, 1.807) is 0 Å². The summed E-state index contributed by atoms with van der Waals surface area (Å²) in [6.45, 7) is 0.614. The third-order valence-corrected chi connectivity index (χ3v) is 3.03. The molecule has 5 heteroatoms. The van der Waals surface area contributed by atoms with E-state index in [2.05, 4.69) is 10.6 Å². The molecule has 0 aliphatic carbocycles. The van der Waals surface area contributed by atoms with Gasteiger partial charge in [0.2, 0.25) is 5.91 Å². The number of hydrogen-bond acceptors (Lipinski definition) is 2. The molecule has 0 aliphatic rings. The lowest BCUT2D eigenvalue weighted by Crippen LogP contribution is -2.35. The lowest BCUT2D eigenvalue weighted by atomic mass is 10.1. The molecule has 0 heterocycles. The first-order valence-electron chi connectivity index (χ1n) is 6.99. The second-order valence-electron chi connectivity index (χ2n) is 4.78. The molecular formula is C17H17FN2O2. The number of rotatable bonds is 6.